The van der Waals surface area contributed by atoms with Crippen LogP contribution in [0.25, 0.3) is 0 Å². The Morgan fingerprint density at radius 2 is 1.09 bits per heavy atom. The average molecular weight is 361 g/mol. The van der Waals surface area contributed by atoms with Gasteiger partial charge in [-0.25, -0.2) is 0 Å². The van der Waals surface area contributed by atoms with Gasteiger partial charge < -0.3 is 20.9 Å². The zero-order valence-corrected chi connectivity index (χ0v) is 15.9. The summed E-state index contributed by atoms with van der Waals surface area (Å²) in [6, 6.07) is 0. The molecule has 8 heteroatoms. The topological polar surface area (TPSA) is 105 Å². The van der Waals surface area contributed by atoms with Crippen molar-refractivity contribution in [1.82, 2.24) is 0 Å². The lowest BCUT2D eigenvalue weighted by molar-refractivity contribution is -0.144. The molecule has 0 amide bonds. The predicted octanol–water partition coefficient (Wildman–Crippen LogP) is 1.25. The minimum Gasteiger partial charge on any atom is -0.368 e. The molecule has 0 rings (SSSR count). The van der Waals surface area contributed by atoms with E-state index in [2.05, 4.69) is 0 Å². The molecule has 0 atom stereocenters. The van der Waals surface area contributed by atoms with Gasteiger partial charge in [0.15, 0.2) is 17.1 Å². The van der Waals surface area contributed by atoms with Gasteiger partial charge in [-0.05, 0) is 41.5 Å². The van der Waals surface area contributed by atoms with Crippen LogP contribution in [0, 0.1) is 0 Å². The van der Waals surface area contributed by atoms with Crippen LogP contribution in [0.5, 0.6) is 0 Å². The van der Waals surface area contributed by atoms with E-state index in [1.54, 1.807) is 0 Å². The third-order valence-electron chi connectivity index (χ3n) is 2.59. The van der Waals surface area contributed by atoms with E-state index in [0.717, 1.165) is 0 Å². The van der Waals surface area contributed by atoms with Crippen LogP contribution in [0.15, 0.2) is 0 Å². The average Bonchev–Trinajstić information content (AvgIpc) is 2.29. The van der Waals surface area contributed by atoms with Crippen LogP contribution < -0.4 is 11.5 Å². The highest BCUT2D eigenvalue weighted by molar-refractivity contribution is 6.12. The number of ether oxygens (including phenoxy) is 2. The Hall–Kier alpha value is -0.240. The maximum absolute atomic E-state index is 12.1. The number of nitrogens with two attached hydrogens (primary N) is 2. The van der Waals surface area contributed by atoms with Crippen molar-refractivity contribution in [3.63, 3.8) is 0 Å². The Morgan fingerprint density at radius 3 is 1.27 bits per heavy atom. The van der Waals surface area contributed by atoms with Gasteiger partial charge in [-0.15, -0.1) is 24.8 Å². The molecule has 22 heavy (non-hydrogen) atoms. The second kappa shape index (κ2) is 9.80. The van der Waals surface area contributed by atoms with Crippen molar-refractivity contribution in [3.05, 3.63) is 0 Å². The van der Waals surface area contributed by atoms with Gasteiger partial charge >= 0.3 is 0 Å². The molecule has 134 valence electrons. The number of hydrogen-bond acceptors (Lipinski definition) is 6. The second-order valence-corrected chi connectivity index (χ2v) is 6.82. The summed E-state index contributed by atoms with van der Waals surface area (Å²) in [7, 11) is 0. The van der Waals surface area contributed by atoms with Gasteiger partial charge in [0.2, 0.25) is 0 Å². The summed E-state index contributed by atoms with van der Waals surface area (Å²) < 4.78 is 10.7. The highest BCUT2D eigenvalue weighted by Gasteiger charge is 2.40. The standard InChI is InChI=1S/C14H28N2O4.2ClH/c1-12(2,3)19-7-10(17)14(16,9-15)11(18)8-20-13(4,5)6;;/h7-9,15-16H2,1-6H3;2*1H. The molecule has 0 saturated carbocycles. The van der Waals surface area contributed by atoms with Crippen molar-refractivity contribution in [2.24, 2.45) is 11.5 Å². The molecular weight excluding hydrogens is 331 g/mol. The molecule has 0 unspecified atom stereocenters. The number of Topliss-reactive ketones (excluding diaryl/α,β-unsaturated/α-hetero) is 2. The molecule has 0 aromatic carbocycles. The van der Waals surface area contributed by atoms with Crippen molar-refractivity contribution in [2.75, 3.05) is 19.8 Å². The largest absolute Gasteiger partial charge is 0.368 e. The SMILES string of the molecule is CC(C)(C)OCC(=O)C(N)(CN)C(=O)COC(C)(C)C.Cl.Cl. The van der Waals surface area contributed by atoms with Gasteiger partial charge in [0.25, 0.3) is 0 Å². The molecule has 0 aromatic rings. The fourth-order valence-electron chi connectivity index (χ4n) is 1.20. The second-order valence-electron chi connectivity index (χ2n) is 6.82. The number of carbonyl (C=O) groups excluding carboxylic acids is 2. The van der Waals surface area contributed by atoms with E-state index in [-0.39, 0.29) is 44.6 Å². The van der Waals surface area contributed by atoms with Gasteiger partial charge in [-0.3, -0.25) is 9.59 Å². The van der Waals surface area contributed by atoms with Crippen molar-refractivity contribution in [3.8, 4) is 0 Å². The molecule has 0 aliphatic heterocycles. The Morgan fingerprint density at radius 1 is 0.818 bits per heavy atom. The van der Waals surface area contributed by atoms with Gasteiger partial charge in [-0.2, -0.15) is 0 Å². The van der Waals surface area contributed by atoms with Crippen molar-refractivity contribution < 1.29 is 19.1 Å². The summed E-state index contributed by atoms with van der Waals surface area (Å²) in [6.07, 6.45) is 0. The lowest BCUT2D eigenvalue weighted by atomic mass is 9.90. The Labute approximate surface area is 145 Å². The van der Waals surface area contributed by atoms with Gasteiger partial charge in [0, 0.05) is 6.54 Å². The zero-order valence-electron chi connectivity index (χ0n) is 14.2. The van der Waals surface area contributed by atoms with E-state index in [9.17, 15) is 9.59 Å². The van der Waals surface area contributed by atoms with Crippen LogP contribution in [0.1, 0.15) is 41.5 Å². The quantitative estimate of drug-likeness (QED) is 0.662. The lowest BCUT2D eigenvalue weighted by Gasteiger charge is -2.28. The molecule has 0 spiro atoms. The Kier molecular flexibility index (Phi) is 11.9. The maximum Gasteiger partial charge on any atom is 0.187 e. The first-order chi connectivity index (χ1) is 8.82. The van der Waals surface area contributed by atoms with Crippen LogP contribution in [-0.4, -0.2) is 48.1 Å². The molecule has 0 aromatic heterocycles. The number of rotatable bonds is 7. The lowest BCUT2D eigenvalue weighted by Crippen LogP contribution is -2.62. The van der Waals surface area contributed by atoms with Gasteiger partial charge in [-0.1, -0.05) is 0 Å². The molecule has 6 nitrogen and oxygen atoms in total. The number of carbonyl (C=O) groups is 2. The maximum atomic E-state index is 12.1. The molecular formula is C14H30Cl2N2O4. The first kappa shape index (κ1) is 26.6. The number of halogens is 2. The third-order valence-corrected chi connectivity index (χ3v) is 2.59. The highest BCUT2D eigenvalue weighted by Crippen LogP contribution is 2.12. The van der Waals surface area contributed by atoms with E-state index in [1.807, 2.05) is 41.5 Å². The summed E-state index contributed by atoms with van der Waals surface area (Å²) in [5.41, 5.74) is 8.64. The first-order valence-electron chi connectivity index (χ1n) is 6.65. The highest BCUT2D eigenvalue weighted by atomic mass is 35.5. The third kappa shape index (κ3) is 9.71. The summed E-state index contributed by atoms with van der Waals surface area (Å²) in [5.74, 6) is -1.06. The van der Waals surface area contributed by atoms with Crippen molar-refractivity contribution >= 4 is 36.4 Å². The smallest absolute Gasteiger partial charge is 0.187 e. The van der Waals surface area contributed by atoms with E-state index < -0.39 is 28.3 Å². The Bertz CT molecular complexity index is 333. The van der Waals surface area contributed by atoms with Crippen LogP contribution in [0.2, 0.25) is 0 Å². The van der Waals surface area contributed by atoms with Crippen molar-refractivity contribution in [1.29, 1.82) is 0 Å². The molecule has 0 aliphatic carbocycles. The molecule has 0 heterocycles. The summed E-state index contributed by atoms with van der Waals surface area (Å²) in [5, 5.41) is 0. The van der Waals surface area contributed by atoms with Crippen LogP contribution in [0.4, 0.5) is 0 Å². The van der Waals surface area contributed by atoms with E-state index in [1.165, 1.54) is 0 Å². The summed E-state index contributed by atoms with van der Waals surface area (Å²) >= 11 is 0. The fourth-order valence-corrected chi connectivity index (χ4v) is 1.20. The van der Waals surface area contributed by atoms with Crippen LogP contribution >= 0.6 is 24.8 Å². The van der Waals surface area contributed by atoms with E-state index in [0.29, 0.717) is 0 Å². The fraction of sp³-hybridized carbons (Fsp3) is 0.857. The first-order valence-corrected chi connectivity index (χ1v) is 6.65. The van der Waals surface area contributed by atoms with E-state index >= 15 is 0 Å². The summed E-state index contributed by atoms with van der Waals surface area (Å²) in [4.78, 5) is 24.2. The zero-order chi connectivity index (χ0) is 16.2. The monoisotopic (exact) mass is 360 g/mol. The Balaban J connectivity index is -0.00000180. The van der Waals surface area contributed by atoms with Crippen LogP contribution in [-0.2, 0) is 19.1 Å². The normalized spacial score (nSPS) is 12.2. The van der Waals surface area contributed by atoms with Crippen molar-refractivity contribution in [2.45, 2.75) is 58.3 Å². The predicted molar refractivity (Wildman–Crippen MR) is 91.9 cm³/mol. The number of hydrogen-bond donors (Lipinski definition) is 2. The summed E-state index contributed by atoms with van der Waals surface area (Å²) in [6.45, 7) is 10.1. The molecule has 0 aliphatic rings. The number of ketones is 2. The minimum absolute atomic E-state index is 0. The van der Waals surface area contributed by atoms with E-state index in [4.69, 9.17) is 20.9 Å². The molecule has 4 N–H and O–H groups in total. The molecule has 0 radical (unpaired) electrons. The van der Waals surface area contributed by atoms with Gasteiger partial charge in [0.1, 0.15) is 13.2 Å². The molecule has 0 bridgehead atoms. The molecule has 0 fully saturated rings. The molecule has 0 saturated heterocycles. The van der Waals surface area contributed by atoms with Crippen LogP contribution in [0.3, 0.4) is 0 Å². The van der Waals surface area contributed by atoms with Gasteiger partial charge in [0.05, 0.1) is 11.2 Å². The minimum atomic E-state index is -1.75.